The number of aromatic amines is 1. The van der Waals surface area contributed by atoms with Gasteiger partial charge in [0.1, 0.15) is 5.82 Å². The Hall–Kier alpha value is -4.31. The van der Waals surface area contributed by atoms with Crippen LogP contribution in [-0.4, -0.2) is 36.7 Å². The van der Waals surface area contributed by atoms with Crippen LogP contribution in [0.2, 0.25) is 0 Å². The van der Waals surface area contributed by atoms with E-state index >= 15 is 0 Å². The molecule has 242 valence electrons. The first-order valence-electron chi connectivity index (χ1n) is 13.7. The topological polar surface area (TPSA) is 78.8 Å². The van der Waals surface area contributed by atoms with Gasteiger partial charge in [0.15, 0.2) is 0 Å². The van der Waals surface area contributed by atoms with Crippen molar-refractivity contribution in [3.63, 3.8) is 0 Å². The van der Waals surface area contributed by atoms with E-state index in [0.29, 0.717) is 29.9 Å². The molecule has 17 heteroatoms. The first-order valence-corrected chi connectivity index (χ1v) is 13.7. The highest BCUT2D eigenvalue weighted by molar-refractivity contribution is 5.62. The third-order valence-electron chi connectivity index (χ3n) is 7.74. The highest BCUT2D eigenvalue weighted by Crippen LogP contribution is 2.45. The number of hydrogen-bond donors (Lipinski definition) is 1. The number of fused-ring (bicyclic) bond motifs is 1. The lowest BCUT2D eigenvalue weighted by atomic mass is 9.94. The molecule has 0 aliphatic carbocycles. The SMILES string of the molecule is Cc1cc2c(cc1C(F)(F)F)N(C(C)c1ncc[nH]1)CCCC2N(Cc1cc(C(F)(F)F)cc(C(F)(F)F)c1)c1nnn(C)n1. The van der Waals surface area contributed by atoms with E-state index in [1.165, 1.54) is 31.1 Å². The maximum Gasteiger partial charge on any atom is 0.416 e. The van der Waals surface area contributed by atoms with E-state index in [1.807, 2.05) is 0 Å². The van der Waals surface area contributed by atoms with Crippen LogP contribution in [0.4, 0.5) is 51.1 Å². The van der Waals surface area contributed by atoms with Crippen LogP contribution in [0, 0.1) is 6.92 Å². The quantitative estimate of drug-likeness (QED) is 0.220. The molecule has 5 rings (SSSR count). The van der Waals surface area contributed by atoms with Crippen molar-refractivity contribution < 1.29 is 39.5 Å². The molecule has 0 spiro atoms. The van der Waals surface area contributed by atoms with E-state index in [1.54, 1.807) is 18.0 Å². The normalized spacial score (nSPS) is 16.8. The summed E-state index contributed by atoms with van der Waals surface area (Å²) in [6.45, 7) is 2.80. The van der Waals surface area contributed by atoms with Crippen LogP contribution in [0.1, 0.15) is 71.1 Å². The van der Waals surface area contributed by atoms with Gasteiger partial charge in [0, 0.05) is 31.2 Å². The molecule has 1 aliphatic heterocycles. The van der Waals surface area contributed by atoms with Gasteiger partial charge in [-0.05, 0) is 72.9 Å². The molecule has 1 N–H and O–H groups in total. The fraction of sp³-hybridized carbons (Fsp3) is 0.429. The smallest absolute Gasteiger partial charge is 0.361 e. The Balaban J connectivity index is 1.69. The number of nitrogens with one attached hydrogen (secondary N) is 1. The number of imidazole rings is 1. The first-order chi connectivity index (χ1) is 20.9. The van der Waals surface area contributed by atoms with Gasteiger partial charge < -0.3 is 14.8 Å². The number of anilines is 2. The van der Waals surface area contributed by atoms with Crippen molar-refractivity contribution >= 4 is 11.6 Å². The van der Waals surface area contributed by atoms with Crippen molar-refractivity contribution in [2.45, 2.75) is 63.8 Å². The zero-order valence-electron chi connectivity index (χ0n) is 24.1. The highest BCUT2D eigenvalue weighted by atomic mass is 19.4. The van der Waals surface area contributed by atoms with Gasteiger partial charge in [-0.2, -0.15) is 44.3 Å². The summed E-state index contributed by atoms with van der Waals surface area (Å²) >= 11 is 0. The lowest BCUT2D eigenvalue weighted by Gasteiger charge is -2.34. The van der Waals surface area contributed by atoms with Crippen molar-refractivity contribution in [2.24, 2.45) is 7.05 Å². The van der Waals surface area contributed by atoms with Crippen LogP contribution in [0.5, 0.6) is 0 Å². The fourth-order valence-electron chi connectivity index (χ4n) is 5.67. The van der Waals surface area contributed by atoms with Crippen LogP contribution in [-0.2, 0) is 32.1 Å². The Morgan fingerprint density at radius 3 is 2.16 bits per heavy atom. The number of H-pyrrole nitrogens is 1. The average molecular weight is 647 g/mol. The summed E-state index contributed by atoms with van der Waals surface area (Å²) in [6, 6.07) is 2.26. The van der Waals surface area contributed by atoms with Crippen LogP contribution in [0.3, 0.4) is 0 Å². The van der Waals surface area contributed by atoms with Gasteiger partial charge in [0.05, 0.1) is 35.8 Å². The van der Waals surface area contributed by atoms with Crippen molar-refractivity contribution in [1.29, 1.82) is 0 Å². The third kappa shape index (κ3) is 6.71. The van der Waals surface area contributed by atoms with Gasteiger partial charge in [-0.1, -0.05) is 11.2 Å². The molecule has 1 aliphatic rings. The van der Waals surface area contributed by atoms with Gasteiger partial charge in [-0.15, -0.1) is 5.10 Å². The summed E-state index contributed by atoms with van der Waals surface area (Å²) in [4.78, 5) is 11.4. The molecule has 2 aromatic carbocycles. The van der Waals surface area contributed by atoms with Crippen LogP contribution in [0.15, 0.2) is 42.7 Å². The summed E-state index contributed by atoms with van der Waals surface area (Å²) in [5.41, 5.74) is -3.77. The maximum absolute atomic E-state index is 14.1. The van der Waals surface area contributed by atoms with Crippen molar-refractivity contribution in [2.75, 3.05) is 16.3 Å². The molecule has 3 heterocycles. The molecule has 0 radical (unpaired) electrons. The molecular weight excluding hydrogens is 619 g/mol. The Kier molecular flexibility index (Phi) is 8.24. The van der Waals surface area contributed by atoms with E-state index in [2.05, 4.69) is 25.4 Å². The zero-order valence-corrected chi connectivity index (χ0v) is 24.1. The number of aryl methyl sites for hydroxylation is 2. The Labute approximate surface area is 250 Å². The average Bonchev–Trinajstić information content (AvgIpc) is 3.59. The molecule has 0 bridgehead atoms. The summed E-state index contributed by atoms with van der Waals surface area (Å²) in [7, 11) is 1.42. The Morgan fingerprint density at radius 2 is 1.62 bits per heavy atom. The Morgan fingerprint density at radius 1 is 0.956 bits per heavy atom. The van der Waals surface area contributed by atoms with E-state index in [0.717, 1.165) is 10.9 Å². The monoisotopic (exact) mass is 646 g/mol. The number of nitrogens with zero attached hydrogens (tertiary/aromatic N) is 7. The minimum Gasteiger partial charge on any atom is -0.361 e. The number of halogens is 9. The predicted molar refractivity (Wildman–Crippen MR) is 144 cm³/mol. The van der Waals surface area contributed by atoms with Gasteiger partial charge in [-0.3, -0.25) is 0 Å². The molecule has 2 unspecified atom stereocenters. The molecular formula is C28H27F9N8. The second-order valence-electron chi connectivity index (χ2n) is 10.8. The standard InChI is InChI=1S/C28H27F9N8/c1-15-9-20-22(5-4-8-44(16(2)24-38-6-7-39-24)23(20)13-21(15)28(35,36)37)45(25-40-42-43(3)41-25)14-17-10-18(26(29,30)31)12-19(11-17)27(32,33)34/h6-7,9-13,16,22H,4-5,8,14H2,1-3H3,(H,38,39). The molecule has 8 nitrogen and oxygen atoms in total. The molecule has 0 fully saturated rings. The molecule has 45 heavy (non-hydrogen) atoms. The van der Waals surface area contributed by atoms with Gasteiger partial charge in [0.25, 0.3) is 5.95 Å². The summed E-state index contributed by atoms with van der Waals surface area (Å²) in [5.74, 6) is 0.370. The predicted octanol–water partition coefficient (Wildman–Crippen LogP) is 7.41. The van der Waals surface area contributed by atoms with Crippen molar-refractivity contribution in [3.05, 3.63) is 81.9 Å². The number of hydrogen-bond acceptors (Lipinski definition) is 6. The lowest BCUT2D eigenvalue weighted by Crippen LogP contribution is -2.31. The summed E-state index contributed by atoms with van der Waals surface area (Å²) in [5, 5.41) is 11.9. The second-order valence-corrected chi connectivity index (χ2v) is 10.8. The van der Waals surface area contributed by atoms with Crippen LogP contribution >= 0.6 is 0 Å². The lowest BCUT2D eigenvalue weighted by molar-refractivity contribution is -0.143. The molecule has 0 saturated heterocycles. The maximum atomic E-state index is 14.1. The van der Waals surface area contributed by atoms with Gasteiger partial charge >= 0.3 is 18.5 Å². The number of aromatic nitrogens is 6. The number of benzene rings is 2. The minimum atomic E-state index is -5.08. The van der Waals surface area contributed by atoms with Crippen LogP contribution < -0.4 is 9.80 Å². The number of rotatable bonds is 6. The molecule has 4 aromatic rings. The summed E-state index contributed by atoms with van der Waals surface area (Å²) in [6.07, 6.45) is -11.1. The molecule has 0 amide bonds. The zero-order chi connectivity index (χ0) is 32.9. The second kappa shape index (κ2) is 11.6. The van der Waals surface area contributed by atoms with E-state index < -0.39 is 53.8 Å². The van der Waals surface area contributed by atoms with E-state index in [4.69, 9.17) is 0 Å². The number of tetrazole rings is 1. The fourth-order valence-corrected chi connectivity index (χ4v) is 5.67. The molecule has 0 saturated carbocycles. The van der Waals surface area contributed by atoms with E-state index in [-0.39, 0.29) is 41.8 Å². The highest BCUT2D eigenvalue weighted by Gasteiger charge is 2.40. The van der Waals surface area contributed by atoms with Crippen molar-refractivity contribution in [1.82, 2.24) is 30.2 Å². The molecule has 2 atom stereocenters. The summed E-state index contributed by atoms with van der Waals surface area (Å²) < 4.78 is 125. The van der Waals surface area contributed by atoms with Gasteiger partial charge in [0.2, 0.25) is 0 Å². The van der Waals surface area contributed by atoms with Gasteiger partial charge in [-0.25, -0.2) is 4.98 Å². The number of alkyl halides is 9. The Bertz CT molecular complexity index is 1610. The van der Waals surface area contributed by atoms with Crippen molar-refractivity contribution in [3.8, 4) is 0 Å². The molecule has 2 aromatic heterocycles. The third-order valence-corrected chi connectivity index (χ3v) is 7.74. The van der Waals surface area contributed by atoms with Crippen LogP contribution in [0.25, 0.3) is 0 Å². The first kappa shape index (κ1) is 32.1. The largest absolute Gasteiger partial charge is 0.416 e. The van der Waals surface area contributed by atoms with E-state index in [9.17, 15) is 39.5 Å². The minimum absolute atomic E-state index is 0.0330.